The van der Waals surface area contributed by atoms with Crippen LogP contribution in [0, 0.1) is 0 Å². The molecule has 0 aromatic heterocycles. The van der Waals surface area contributed by atoms with E-state index in [-0.39, 0.29) is 19.0 Å². The number of carbonyl (C=O) groups excluding carboxylic acids is 1. The van der Waals surface area contributed by atoms with Gasteiger partial charge < -0.3 is 0 Å². The van der Waals surface area contributed by atoms with Crippen LogP contribution >= 0.6 is 19.0 Å². The van der Waals surface area contributed by atoms with Crippen LogP contribution in [0.3, 0.4) is 0 Å². The van der Waals surface area contributed by atoms with E-state index in [0.717, 1.165) is 12.2 Å². The van der Waals surface area contributed by atoms with E-state index in [1.807, 2.05) is 0 Å². The van der Waals surface area contributed by atoms with Crippen LogP contribution in [0.2, 0.25) is 0 Å². The summed E-state index contributed by atoms with van der Waals surface area (Å²) in [5.74, 6) is 9.21. The van der Waals surface area contributed by atoms with E-state index < -0.39 is 0 Å². The van der Waals surface area contributed by atoms with E-state index in [2.05, 4.69) is 16.7 Å². The van der Waals surface area contributed by atoms with Crippen LogP contribution in [0.25, 0.3) is 0 Å². The van der Waals surface area contributed by atoms with Crippen LogP contribution in [-0.2, 0) is 4.79 Å². The molecule has 0 radical (unpaired) electrons. The lowest BCUT2D eigenvalue weighted by atomic mass is 10.3. The summed E-state index contributed by atoms with van der Waals surface area (Å²) in [5.41, 5.74) is 0. The van der Waals surface area contributed by atoms with Gasteiger partial charge in [0.2, 0.25) is 6.08 Å². The van der Waals surface area contributed by atoms with Crippen LogP contribution in [-0.4, -0.2) is 35.4 Å². The molecule has 0 aliphatic carbocycles. The number of isocyanates is 1. The Morgan fingerprint density at radius 3 is 2.82 bits per heavy atom. The van der Waals surface area contributed by atoms with Crippen molar-refractivity contribution in [3.63, 3.8) is 0 Å². The molecular formula is C7H11NOS2. The highest BCUT2D eigenvalue weighted by atomic mass is 33.1. The standard InChI is InChI=1S/C7H11NOS2/c1-10-4-3-7(11(10)2)5-8-6-9/h7H,1-5H2. The van der Waals surface area contributed by atoms with Gasteiger partial charge in [-0.1, -0.05) is 11.7 Å². The predicted molar refractivity (Wildman–Crippen MR) is 55.7 cm³/mol. The molecule has 0 spiro atoms. The van der Waals surface area contributed by atoms with E-state index in [9.17, 15) is 4.79 Å². The monoisotopic (exact) mass is 189 g/mol. The zero-order valence-corrected chi connectivity index (χ0v) is 7.92. The van der Waals surface area contributed by atoms with Gasteiger partial charge >= 0.3 is 0 Å². The van der Waals surface area contributed by atoms with Gasteiger partial charge in [0.25, 0.3) is 0 Å². The highest BCUT2D eigenvalue weighted by Gasteiger charge is 2.19. The Morgan fingerprint density at radius 1 is 1.64 bits per heavy atom. The first-order valence-electron chi connectivity index (χ1n) is 3.33. The van der Waals surface area contributed by atoms with Gasteiger partial charge in [0.05, 0.1) is 6.54 Å². The molecular weight excluding hydrogens is 178 g/mol. The first-order chi connectivity index (χ1) is 5.25. The summed E-state index contributed by atoms with van der Waals surface area (Å²) < 4.78 is 0. The maximum absolute atomic E-state index is 9.83. The van der Waals surface area contributed by atoms with E-state index in [1.54, 1.807) is 6.08 Å². The third-order valence-electron chi connectivity index (χ3n) is 1.70. The van der Waals surface area contributed by atoms with Crippen molar-refractivity contribution in [2.45, 2.75) is 11.7 Å². The Kier molecular flexibility index (Phi) is 3.24. The zero-order valence-electron chi connectivity index (χ0n) is 6.28. The maximum atomic E-state index is 9.83. The molecule has 11 heavy (non-hydrogen) atoms. The third kappa shape index (κ3) is 2.12. The Hall–Kier alpha value is -0.180. The smallest absolute Gasteiger partial charge is 0.211 e. The van der Waals surface area contributed by atoms with Gasteiger partial charge in [0, 0.05) is 5.25 Å². The largest absolute Gasteiger partial charge is 0.234 e. The molecule has 62 valence electrons. The number of hydrogen-bond donors (Lipinski definition) is 0. The van der Waals surface area contributed by atoms with E-state index in [1.165, 1.54) is 0 Å². The van der Waals surface area contributed by atoms with Gasteiger partial charge in [0.1, 0.15) is 0 Å². The molecule has 2 nitrogen and oxygen atoms in total. The van der Waals surface area contributed by atoms with Crippen LogP contribution < -0.4 is 0 Å². The molecule has 0 aromatic rings. The predicted octanol–water partition coefficient (Wildman–Crippen LogP) is 1.41. The summed E-state index contributed by atoms with van der Waals surface area (Å²) in [6.45, 7) is 0.606. The van der Waals surface area contributed by atoms with Crippen LogP contribution in [0.4, 0.5) is 0 Å². The van der Waals surface area contributed by atoms with Crippen molar-refractivity contribution in [1.29, 1.82) is 0 Å². The first-order valence-corrected chi connectivity index (χ1v) is 6.87. The fourth-order valence-electron chi connectivity index (χ4n) is 1.01. The van der Waals surface area contributed by atoms with Crippen molar-refractivity contribution in [1.82, 2.24) is 0 Å². The summed E-state index contributed by atoms with van der Waals surface area (Å²) in [7, 11) is 0.363. The first kappa shape index (κ1) is 8.91. The Balaban J connectivity index is 2.55. The van der Waals surface area contributed by atoms with Crippen molar-refractivity contribution < 1.29 is 4.79 Å². The Bertz CT molecular complexity index is 243. The van der Waals surface area contributed by atoms with Crippen LogP contribution in [0.15, 0.2) is 4.99 Å². The normalized spacial score (nSPS) is 36.5. The van der Waals surface area contributed by atoms with Crippen molar-refractivity contribution in [2.75, 3.05) is 12.3 Å². The molecule has 1 fully saturated rings. The maximum Gasteiger partial charge on any atom is 0.234 e. The molecule has 3 atom stereocenters. The highest BCUT2D eigenvalue weighted by molar-refractivity contribution is 8.89. The molecule has 0 aromatic carbocycles. The van der Waals surface area contributed by atoms with Crippen molar-refractivity contribution in [3.8, 4) is 0 Å². The SMILES string of the molecule is C=S1CCC(CN=C=O)S1=C. The summed E-state index contributed by atoms with van der Waals surface area (Å²) >= 11 is 0. The molecule has 1 heterocycles. The summed E-state index contributed by atoms with van der Waals surface area (Å²) in [6, 6.07) is 0. The molecule has 4 heteroatoms. The minimum absolute atomic E-state index is 0.137. The van der Waals surface area contributed by atoms with Crippen molar-refractivity contribution in [3.05, 3.63) is 0 Å². The second kappa shape index (κ2) is 4.00. The van der Waals surface area contributed by atoms with E-state index in [0.29, 0.717) is 11.8 Å². The number of hydrogen-bond acceptors (Lipinski definition) is 2. The summed E-state index contributed by atoms with van der Waals surface area (Å²) in [5, 5.41) is 0.497. The Labute approximate surface area is 71.0 Å². The van der Waals surface area contributed by atoms with Gasteiger partial charge in [-0.05, 0) is 12.2 Å². The van der Waals surface area contributed by atoms with Crippen molar-refractivity contribution in [2.24, 2.45) is 4.99 Å². The minimum atomic E-state index is 0.137. The Morgan fingerprint density at radius 2 is 2.36 bits per heavy atom. The molecule has 0 bridgehead atoms. The average Bonchev–Trinajstić information content (AvgIpc) is 2.31. The summed E-state index contributed by atoms with van der Waals surface area (Å²) in [4.78, 5) is 13.4. The topological polar surface area (TPSA) is 29.4 Å². The van der Waals surface area contributed by atoms with Gasteiger partial charge in [-0.25, -0.2) is 9.79 Å². The summed E-state index contributed by atoms with van der Waals surface area (Å²) in [6.07, 6.45) is 2.69. The second-order valence-electron chi connectivity index (χ2n) is 2.37. The fourth-order valence-corrected chi connectivity index (χ4v) is 5.48. The van der Waals surface area contributed by atoms with E-state index in [4.69, 9.17) is 0 Å². The zero-order chi connectivity index (χ0) is 8.27. The molecule has 0 amide bonds. The van der Waals surface area contributed by atoms with Gasteiger partial charge in [-0.15, -0.1) is 19.0 Å². The molecule has 1 aliphatic rings. The molecule has 3 unspecified atom stereocenters. The fraction of sp³-hybridized carbons (Fsp3) is 0.571. The lowest BCUT2D eigenvalue weighted by Gasteiger charge is -2.06. The number of aliphatic imine (C=N–C) groups is 1. The van der Waals surface area contributed by atoms with Gasteiger partial charge in [-0.3, -0.25) is 0 Å². The number of nitrogens with zero attached hydrogens (tertiary/aromatic N) is 1. The molecule has 1 rings (SSSR count). The molecule has 0 saturated carbocycles. The third-order valence-corrected chi connectivity index (χ3v) is 7.26. The molecule has 0 N–H and O–H groups in total. The quantitative estimate of drug-likeness (QED) is 0.279. The van der Waals surface area contributed by atoms with Gasteiger partial charge in [0.15, 0.2) is 0 Å². The molecule has 1 aliphatic heterocycles. The van der Waals surface area contributed by atoms with Crippen molar-refractivity contribution >= 4 is 36.9 Å². The van der Waals surface area contributed by atoms with Crippen LogP contribution in [0.1, 0.15) is 6.42 Å². The average molecular weight is 189 g/mol. The van der Waals surface area contributed by atoms with E-state index >= 15 is 0 Å². The van der Waals surface area contributed by atoms with Gasteiger partial charge in [-0.2, -0.15) is 0 Å². The molecule has 1 saturated heterocycles. The lowest BCUT2D eigenvalue weighted by Crippen LogP contribution is -2.02. The highest BCUT2D eigenvalue weighted by Crippen LogP contribution is 2.47. The second-order valence-corrected chi connectivity index (χ2v) is 7.78. The van der Waals surface area contributed by atoms with Crippen LogP contribution in [0.5, 0.6) is 0 Å². The number of rotatable bonds is 2. The minimum Gasteiger partial charge on any atom is -0.211 e. The lowest BCUT2D eigenvalue weighted by molar-refractivity contribution is 0.562.